The van der Waals surface area contributed by atoms with Crippen molar-refractivity contribution < 1.29 is 4.79 Å². The van der Waals surface area contributed by atoms with Crippen LogP contribution >= 0.6 is 0 Å². The number of nitrogens with two attached hydrogens (primary N) is 1. The molecule has 3 rings (SSSR count). The molecule has 0 spiro atoms. The zero-order valence-electron chi connectivity index (χ0n) is 16.6. The van der Waals surface area contributed by atoms with Crippen LogP contribution in [0.3, 0.4) is 0 Å². The van der Waals surface area contributed by atoms with Crippen LogP contribution in [-0.4, -0.2) is 28.9 Å². The normalized spacial score (nSPS) is 13.9. The van der Waals surface area contributed by atoms with Crippen LogP contribution in [0, 0.1) is 6.92 Å². The number of nitrogen functional groups attached to an aromatic ring is 1. The Morgan fingerprint density at radius 1 is 1.11 bits per heavy atom. The van der Waals surface area contributed by atoms with Gasteiger partial charge in [-0.2, -0.15) is 0 Å². The van der Waals surface area contributed by atoms with E-state index in [2.05, 4.69) is 30.1 Å². The summed E-state index contributed by atoms with van der Waals surface area (Å²) in [6, 6.07) is 10.3. The molecule has 0 unspecified atom stereocenters. The molecule has 0 saturated carbocycles. The molecular weight excluding hydrogens is 334 g/mol. The molecule has 1 aliphatic heterocycles. The number of pyridine rings is 1. The third-order valence-electron chi connectivity index (χ3n) is 5.47. The zero-order chi connectivity index (χ0) is 19.2. The number of carbonyl (C=O) groups is 1. The highest BCUT2D eigenvalue weighted by atomic mass is 16.2. The molecule has 2 N–H and O–H groups in total. The summed E-state index contributed by atoms with van der Waals surface area (Å²) in [5, 5.41) is 0. The quantitative estimate of drug-likeness (QED) is 0.733. The summed E-state index contributed by atoms with van der Waals surface area (Å²) >= 11 is 0. The number of aryl methyl sites for hydroxylation is 2. The van der Waals surface area contributed by atoms with Gasteiger partial charge in [0.25, 0.3) is 5.91 Å². The second kappa shape index (κ2) is 9.03. The van der Waals surface area contributed by atoms with Crippen molar-refractivity contribution in [3.63, 3.8) is 0 Å². The van der Waals surface area contributed by atoms with Gasteiger partial charge in [0, 0.05) is 24.3 Å². The Morgan fingerprint density at radius 2 is 1.81 bits per heavy atom. The van der Waals surface area contributed by atoms with Crippen molar-refractivity contribution in [2.24, 2.45) is 0 Å². The number of carbonyl (C=O) groups excluding carboxylic acids is 1. The van der Waals surface area contributed by atoms with Crippen molar-refractivity contribution in [3.05, 3.63) is 58.3 Å². The minimum Gasteiger partial charge on any atom is -0.383 e. The molecule has 144 valence electrons. The largest absolute Gasteiger partial charge is 0.383 e. The Kier molecular flexibility index (Phi) is 6.49. The first-order valence-corrected chi connectivity index (χ1v) is 10.2. The first kappa shape index (κ1) is 19.4. The Balaban J connectivity index is 1.70. The van der Waals surface area contributed by atoms with Crippen molar-refractivity contribution in [2.45, 2.75) is 58.8 Å². The van der Waals surface area contributed by atoms with Gasteiger partial charge in [-0.15, -0.1) is 0 Å². The van der Waals surface area contributed by atoms with Crippen molar-refractivity contribution in [2.75, 3.05) is 18.8 Å². The highest BCUT2D eigenvalue weighted by molar-refractivity contribution is 5.94. The summed E-state index contributed by atoms with van der Waals surface area (Å²) in [6.07, 6.45) is 7.62. The van der Waals surface area contributed by atoms with E-state index >= 15 is 0 Å². The van der Waals surface area contributed by atoms with E-state index < -0.39 is 0 Å². The molecule has 1 aliphatic rings. The van der Waals surface area contributed by atoms with Crippen LogP contribution in [0.4, 0.5) is 5.82 Å². The topological polar surface area (TPSA) is 59.2 Å². The molecule has 4 nitrogen and oxygen atoms in total. The smallest absolute Gasteiger partial charge is 0.253 e. The van der Waals surface area contributed by atoms with E-state index in [4.69, 9.17) is 5.73 Å². The molecule has 1 fully saturated rings. The summed E-state index contributed by atoms with van der Waals surface area (Å²) in [4.78, 5) is 19.0. The Morgan fingerprint density at radius 3 is 2.48 bits per heavy atom. The molecule has 0 bridgehead atoms. The molecule has 0 aliphatic carbocycles. The second-order valence-corrected chi connectivity index (χ2v) is 7.61. The molecule has 1 aromatic carbocycles. The highest BCUT2D eigenvalue weighted by Crippen LogP contribution is 2.21. The van der Waals surface area contributed by atoms with E-state index in [1.54, 1.807) is 0 Å². The van der Waals surface area contributed by atoms with Gasteiger partial charge in [-0.3, -0.25) is 4.79 Å². The lowest BCUT2D eigenvalue weighted by Gasteiger charge is -2.15. The van der Waals surface area contributed by atoms with Gasteiger partial charge < -0.3 is 10.6 Å². The van der Waals surface area contributed by atoms with Crippen molar-refractivity contribution in [1.82, 2.24) is 9.88 Å². The van der Waals surface area contributed by atoms with Crippen LogP contribution in [0.5, 0.6) is 0 Å². The first-order chi connectivity index (χ1) is 13.1. The first-order valence-electron chi connectivity index (χ1n) is 10.2. The Labute approximate surface area is 162 Å². The van der Waals surface area contributed by atoms with Crippen LogP contribution < -0.4 is 5.73 Å². The van der Waals surface area contributed by atoms with Gasteiger partial charge in [0.2, 0.25) is 0 Å². The van der Waals surface area contributed by atoms with Gasteiger partial charge in [0.15, 0.2) is 0 Å². The summed E-state index contributed by atoms with van der Waals surface area (Å²) in [6.45, 7) is 6.00. The fourth-order valence-corrected chi connectivity index (χ4v) is 3.75. The molecule has 0 atom stereocenters. The summed E-state index contributed by atoms with van der Waals surface area (Å²) in [5.41, 5.74) is 11.5. The highest BCUT2D eigenvalue weighted by Gasteiger charge is 2.19. The average Bonchev–Trinajstić information content (AvgIpc) is 3.20. The SMILES string of the molecule is CCCCCc1cc(Cc2ccc(C(=O)N3CCCC3)cc2)c(C)nc1N. The minimum absolute atomic E-state index is 0.155. The third-order valence-corrected chi connectivity index (χ3v) is 5.47. The van der Waals surface area contributed by atoms with Gasteiger partial charge in [0.05, 0.1) is 0 Å². The van der Waals surface area contributed by atoms with Gasteiger partial charge in [-0.05, 0) is 67.9 Å². The van der Waals surface area contributed by atoms with Gasteiger partial charge in [0.1, 0.15) is 5.82 Å². The molecular formula is C23H31N3O. The van der Waals surface area contributed by atoms with Crippen LogP contribution in [0.2, 0.25) is 0 Å². The summed E-state index contributed by atoms with van der Waals surface area (Å²) in [5.74, 6) is 0.821. The fourth-order valence-electron chi connectivity index (χ4n) is 3.75. The molecule has 27 heavy (non-hydrogen) atoms. The summed E-state index contributed by atoms with van der Waals surface area (Å²) in [7, 11) is 0. The molecule has 2 heterocycles. The van der Waals surface area contributed by atoms with E-state index in [9.17, 15) is 4.79 Å². The predicted molar refractivity (Wildman–Crippen MR) is 111 cm³/mol. The van der Waals surface area contributed by atoms with E-state index in [0.29, 0.717) is 5.82 Å². The van der Waals surface area contributed by atoms with Gasteiger partial charge >= 0.3 is 0 Å². The predicted octanol–water partition coefficient (Wildman–Crippen LogP) is 4.53. The number of hydrogen-bond donors (Lipinski definition) is 1. The molecule has 1 aromatic heterocycles. The Hall–Kier alpha value is -2.36. The van der Waals surface area contributed by atoms with Crippen LogP contribution in [0.1, 0.15) is 71.8 Å². The fraction of sp³-hybridized carbons (Fsp3) is 0.478. The van der Waals surface area contributed by atoms with Crippen molar-refractivity contribution in [3.8, 4) is 0 Å². The standard InChI is InChI=1S/C23H31N3O/c1-3-4-5-8-20-16-21(17(2)25-22(20)24)15-18-9-11-19(12-10-18)23(27)26-13-6-7-14-26/h9-12,16H,3-8,13-15H2,1-2H3,(H2,24,25). The number of aromatic nitrogens is 1. The Bertz CT molecular complexity index is 777. The van der Waals surface area contributed by atoms with E-state index in [1.165, 1.54) is 24.0 Å². The monoisotopic (exact) mass is 365 g/mol. The van der Waals surface area contributed by atoms with Crippen LogP contribution in [0.15, 0.2) is 30.3 Å². The molecule has 2 aromatic rings. The summed E-state index contributed by atoms with van der Waals surface area (Å²) < 4.78 is 0. The third kappa shape index (κ3) is 4.88. The van der Waals surface area contributed by atoms with Crippen molar-refractivity contribution >= 4 is 11.7 Å². The lowest BCUT2D eigenvalue weighted by molar-refractivity contribution is 0.0793. The number of nitrogens with zero attached hydrogens (tertiary/aromatic N) is 2. The number of unbranched alkanes of at least 4 members (excludes halogenated alkanes) is 2. The average molecular weight is 366 g/mol. The van der Waals surface area contributed by atoms with Crippen molar-refractivity contribution in [1.29, 1.82) is 0 Å². The number of anilines is 1. The minimum atomic E-state index is 0.155. The number of hydrogen-bond acceptors (Lipinski definition) is 3. The molecule has 4 heteroatoms. The zero-order valence-corrected chi connectivity index (χ0v) is 16.6. The molecule has 0 radical (unpaired) electrons. The van der Waals surface area contributed by atoms with Crippen LogP contribution in [-0.2, 0) is 12.8 Å². The van der Waals surface area contributed by atoms with E-state index in [1.807, 2.05) is 24.0 Å². The van der Waals surface area contributed by atoms with E-state index in [-0.39, 0.29) is 5.91 Å². The van der Waals surface area contributed by atoms with Gasteiger partial charge in [-0.1, -0.05) is 38.0 Å². The van der Waals surface area contributed by atoms with Crippen LogP contribution in [0.25, 0.3) is 0 Å². The second-order valence-electron chi connectivity index (χ2n) is 7.61. The van der Waals surface area contributed by atoms with E-state index in [0.717, 1.165) is 62.0 Å². The lowest BCUT2D eigenvalue weighted by Crippen LogP contribution is -2.27. The maximum Gasteiger partial charge on any atom is 0.253 e. The number of amides is 1. The maximum atomic E-state index is 12.5. The molecule has 1 amide bonds. The maximum absolute atomic E-state index is 12.5. The molecule has 1 saturated heterocycles. The number of rotatable bonds is 7. The number of likely N-dealkylation sites (tertiary alicyclic amines) is 1. The number of benzene rings is 1. The lowest BCUT2D eigenvalue weighted by atomic mass is 9.98. The van der Waals surface area contributed by atoms with Gasteiger partial charge in [-0.25, -0.2) is 4.98 Å².